The van der Waals surface area contributed by atoms with Gasteiger partial charge >= 0.3 is 7.12 Å². The van der Waals surface area contributed by atoms with Crippen molar-refractivity contribution in [2.75, 3.05) is 13.1 Å². The van der Waals surface area contributed by atoms with Crippen molar-refractivity contribution >= 4 is 12.6 Å². The minimum absolute atomic E-state index is 0.373. The fraction of sp³-hybridized carbons (Fsp3) is 0.600. The third kappa shape index (κ3) is 3.82. The van der Waals surface area contributed by atoms with Crippen molar-refractivity contribution in [1.29, 1.82) is 0 Å². The second-order valence-corrected chi connectivity index (χ2v) is 6.71. The van der Waals surface area contributed by atoms with Crippen LogP contribution in [0.3, 0.4) is 0 Å². The molecule has 2 rings (SSSR count). The molecule has 1 aromatic carbocycles. The van der Waals surface area contributed by atoms with Crippen molar-refractivity contribution in [2.45, 2.75) is 33.7 Å². The van der Waals surface area contributed by atoms with Crippen LogP contribution in [0, 0.1) is 11.3 Å². The van der Waals surface area contributed by atoms with Crippen LogP contribution in [0.4, 0.5) is 0 Å². The Hall–Kier alpha value is -0.835. The van der Waals surface area contributed by atoms with Crippen molar-refractivity contribution in [1.82, 2.24) is 4.90 Å². The van der Waals surface area contributed by atoms with Crippen LogP contribution in [-0.2, 0) is 6.54 Å². The molecule has 0 radical (unpaired) electrons. The normalized spacial score (nSPS) is 20.8. The second kappa shape index (κ2) is 5.65. The lowest BCUT2D eigenvalue weighted by Crippen LogP contribution is -2.31. The molecule has 0 bridgehead atoms. The molecule has 0 amide bonds. The summed E-state index contributed by atoms with van der Waals surface area (Å²) in [6, 6.07) is 7.57. The molecule has 0 aromatic heterocycles. The van der Waals surface area contributed by atoms with E-state index in [1.807, 2.05) is 12.1 Å². The van der Waals surface area contributed by atoms with Gasteiger partial charge in [0.2, 0.25) is 0 Å². The molecule has 2 N–H and O–H groups in total. The van der Waals surface area contributed by atoms with Gasteiger partial charge in [0.25, 0.3) is 0 Å². The molecule has 3 nitrogen and oxygen atoms in total. The number of benzene rings is 1. The molecule has 1 aliphatic heterocycles. The van der Waals surface area contributed by atoms with Gasteiger partial charge < -0.3 is 10.0 Å². The fourth-order valence-corrected chi connectivity index (χ4v) is 2.79. The number of hydrogen-bond acceptors (Lipinski definition) is 3. The molecule has 1 fully saturated rings. The van der Waals surface area contributed by atoms with Crippen LogP contribution in [0.15, 0.2) is 24.3 Å². The zero-order chi connectivity index (χ0) is 14.0. The Labute approximate surface area is 116 Å². The summed E-state index contributed by atoms with van der Waals surface area (Å²) < 4.78 is 0. The van der Waals surface area contributed by atoms with E-state index in [0.717, 1.165) is 31.1 Å². The SMILES string of the molecule is CC(C)(C)C1CCN(Cc2cccc(B(O)O)c2)C1. The van der Waals surface area contributed by atoms with Crippen LogP contribution < -0.4 is 5.46 Å². The van der Waals surface area contributed by atoms with E-state index in [9.17, 15) is 10.0 Å². The van der Waals surface area contributed by atoms with E-state index in [-0.39, 0.29) is 0 Å². The van der Waals surface area contributed by atoms with E-state index in [1.54, 1.807) is 6.07 Å². The summed E-state index contributed by atoms with van der Waals surface area (Å²) in [4.78, 5) is 2.46. The topological polar surface area (TPSA) is 43.7 Å². The van der Waals surface area contributed by atoms with Crippen LogP contribution >= 0.6 is 0 Å². The molecule has 1 unspecified atom stereocenters. The van der Waals surface area contributed by atoms with E-state index in [0.29, 0.717) is 10.9 Å². The van der Waals surface area contributed by atoms with Crippen LogP contribution in [0.1, 0.15) is 32.8 Å². The van der Waals surface area contributed by atoms with Crippen LogP contribution in [0.25, 0.3) is 0 Å². The zero-order valence-electron chi connectivity index (χ0n) is 12.1. The highest BCUT2D eigenvalue weighted by molar-refractivity contribution is 6.58. The Kier molecular flexibility index (Phi) is 4.34. The molecule has 1 saturated heterocycles. The third-order valence-electron chi connectivity index (χ3n) is 4.15. The van der Waals surface area contributed by atoms with Gasteiger partial charge in [-0.15, -0.1) is 0 Å². The Balaban J connectivity index is 1.97. The van der Waals surface area contributed by atoms with Gasteiger partial charge in [0.1, 0.15) is 0 Å². The lowest BCUT2D eigenvalue weighted by atomic mass is 9.79. The molecule has 0 aliphatic carbocycles. The average Bonchev–Trinajstić information content (AvgIpc) is 2.77. The van der Waals surface area contributed by atoms with Crippen LogP contribution in [0.2, 0.25) is 0 Å². The van der Waals surface area contributed by atoms with Gasteiger partial charge in [0, 0.05) is 13.1 Å². The Morgan fingerprint density at radius 2 is 2.05 bits per heavy atom. The summed E-state index contributed by atoms with van der Waals surface area (Å²) in [5, 5.41) is 18.4. The van der Waals surface area contributed by atoms with Gasteiger partial charge in [-0.05, 0) is 35.3 Å². The molecule has 1 heterocycles. The van der Waals surface area contributed by atoms with E-state index in [2.05, 4.69) is 31.7 Å². The first-order valence-electron chi connectivity index (χ1n) is 7.03. The van der Waals surface area contributed by atoms with E-state index in [4.69, 9.17) is 0 Å². The Bertz CT molecular complexity index is 428. The molecular weight excluding hydrogens is 237 g/mol. The number of hydrogen-bond donors (Lipinski definition) is 2. The van der Waals surface area contributed by atoms with Gasteiger partial charge in [0.15, 0.2) is 0 Å². The zero-order valence-corrected chi connectivity index (χ0v) is 12.1. The molecule has 19 heavy (non-hydrogen) atoms. The summed E-state index contributed by atoms with van der Waals surface area (Å²) >= 11 is 0. The minimum atomic E-state index is -1.37. The van der Waals surface area contributed by atoms with Crippen molar-refractivity contribution in [3.05, 3.63) is 29.8 Å². The van der Waals surface area contributed by atoms with E-state index in [1.165, 1.54) is 6.42 Å². The minimum Gasteiger partial charge on any atom is -0.423 e. The molecular formula is C15H24BNO2. The first-order valence-corrected chi connectivity index (χ1v) is 7.03. The first kappa shape index (κ1) is 14.6. The lowest BCUT2D eigenvalue weighted by Gasteiger charge is -2.27. The quantitative estimate of drug-likeness (QED) is 0.804. The molecule has 104 valence electrons. The van der Waals surface area contributed by atoms with Crippen LogP contribution in [-0.4, -0.2) is 35.2 Å². The summed E-state index contributed by atoms with van der Waals surface area (Å²) in [7, 11) is -1.37. The maximum absolute atomic E-state index is 9.20. The first-order chi connectivity index (χ1) is 8.86. The number of likely N-dealkylation sites (tertiary alicyclic amines) is 1. The highest BCUT2D eigenvalue weighted by atomic mass is 16.4. The molecule has 0 spiro atoms. The van der Waals surface area contributed by atoms with Crippen molar-refractivity contribution in [3.63, 3.8) is 0 Å². The predicted molar refractivity (Wildman–Crippen MR) is 79.1 cm³/mol. The molecule has 1 atom stereocenters. The maximum Gasteiger partial charge on any atom is 0.488 e. The van der Waals surface area contributed by atoms with E-state index >= 15 is 0 Å². The molecule has 0 saturated carbocycles. The standard InChI is InChI=1S/C15H24BNO2/c1-15(2,3)13-7-8-17(11-13)10-12-5-4-6-14(9-12)16(18)19/h4-6,9,13,18-19H,7-8,10-11H2,1-3H3. The Morgan fingerprint density at radius 1 is 1.32 bits per heavy atom. The van der Waals surface area contributed by atoms with Crippen molar-refractivity contribution in [2.24, 2.45) is 11.3 Å². The van der Waals surface area contributed by atoms with Crippen LogP contribution in [0.5, 0.6) is 0 Å². The highest BCUT2D eigenvalue weighted by Gasteiger charge is 2.31. The van der Waals surface area contributed by atoms with Gasteiger partial charge in [-0.2, -0.15) is 0 Å². The van der Waals surface area contributed by atoms with Crippen molar-refractivity contribution < 1.29 is 10.0 Å². The molecule has 1 aromatic rings. The molecule has 4 heteroatoms. The summed E-state index contributed by atoms with van der Waals surface area (Å²) in [6.45, 7) is 10.1. The lowest BCUT2D eigenvalue weighted by molar-refractivity contribution is 0.226. The van der Waals surface area contributed by atoms with Crippen molar-refractivity contribution in [3.8, 4) is 0 Å². The molecule has 1 aliphatic rings. The Morgan fingerprint density at radius 3 is 2.63 bits per heavy atom. The highest BCUT2D eigenvalue weighted by Crippen LogP contribution is 2.33. The number of rotatable bonds is 3. The van der Waals surface area contributed by atoms with Gasteiger partial charge in [-0.25, -0.2) is 0 Å². The summed E-state index contributed by atoms with van der Waals surface area (Å²) in [5.41, 5.74) is 2.10. The predicted octanol–water partition coefficient (Wildman–Crippen LogP) is 1.23. The number of nitrogens with zero attached hydrogens (tertiary/aromatic N) is 1. The summed E-state index contributed by atoms with van der Waals surface area (Å²) in [6.07, 6.45) is 1.26. The van der Waals surface area contributed by atoms with Gasteiger partial charge in [-0.3, -0.25) is 4.90 Å². The maximum atomic E-state index is 9.20. The summed E-state index contributed by atoms with van der Waals surface area (Å²) in [5.74, 6) is 0.749. The smallest absolute Gasteiger partial charge is 0.423 e. The fourth-order valence-electron chi connectivity index (χ4n) is 2.79. The van der Waals surface area contributed by atoms with Gasteiger partial charge in [-0.1, -0.05) is 45.0 Å². The van der Waals surface area contributed by atoms with Gasteiger partial charge in [0.05, 0.1) is 0 Å². The second-order valence-electron chi connectivity index (χ2n) is 6.71. The third-order valence-corrected chi connectivity index (χ3v) is 4.15. The average molecular weight is 261 g/mol. The largest absolute Gasteiger partial charge is 0.488 e. The van der Waals surface area contributed by atoms with E-state index < -0.39 is 7.12 Å². The monoisotopic (exact) mass is 261 g/mol.